The minimum atomic E-state index is -0.373. The number of aromatic nitrogens is 3. The second-order valence-electron chi connectivity index (χ2n) is 4.00. The molecule has 0 unspecified atom stereocenters. The molecule has 0 aliphatic carbocycles. The van der Waals surface area contributed by atoms with E-state index in [9.17, 15) is 4.79 Å². The highest BCUT2D eigenvalue weighted by Crippen LogP contribution is 2.22. The maximum absolute atomic E-state index is 11.0. The maximum Gasteiger partial charge on any atom is 0.230 e. The van der Waals surface area contributed by atoms with E-state index in [1.165, 1.54) is 17.3 Å². The minimum Gasteiger partial charge on any atom is -0.369 e. The number of nitrogens with zero attached hydrogens (tertiary/aromatic N) is 2. The zero-order valence-corrected chi connectivity index (χ0v) is 11.0. The van der Waals surface area contributed by atoms with Crippen molar-refractivity contribution in [1.82, 2.24) is 15.2 Å². The average molecular weight is 262 g/mol. The zero-order chi connectivity index (χ0) is 13.1. The summed E-state index contributed by atoms with van der Waals surface area (Å²) in [6.45, 7) is 3.76. The van der Waals surface area contributed by atoms with Crippen LogP contribution in [0.1, 0.15) is 12.5 Å². The molecule has 0 saturated carbocycles. The monoisotopic (exact) mass is 262 g/mol. The van der Waals surface area contributed by atoms with Crippen molar-refractivity contribution < 1.29 is 4.79 Å². The predicted octanol–water partition coefficient (Wildman–Crippen LogP) is 1.75. The Bertz CT molecular complexity index is 549. The highest BCUT2D eigenvalue weighted by atomic mass is 32.2. The van der Waals surface area contributed by atoms with E-state index in [4.69, 9.17) is 5.73 Å². The fourth-order valence-corrected chi connectivity index (χ4v) is 2.03. The van der Waals surface area contributed by atoms with Crippen molar-refractivity contribution in [1.29, 1.82) is 0 Å². The first kappa shape index (κ1) is 12.6. The van der Waals surface area contributed by atoms with Crippen molar-refractivity contribution in [3.05, 3.63) is 29.8 Å². The Labute approximate surface area is 109 Å². The van der Waals surface area contributed by atoms with Gasteiger partial charge in [-0.3, -0.25) is 9.89 Å². The summed E-state index contributed by atoms with van der Waals surface area (Å²) in [5, 5.41) is 7.09. The van der Waals surface area contributed by atoms with Crippen molar-refractivity contribution in [2.24, 2.45) is 5.73 Å². The lowest BCUT2D eigenvalue weighted by Crippen LogP contribution is -2.22. The molecule has 5 nitrogen and oxygen atoms in total. The lowest BCUT2D eigenvalue weighted by atomic mass is 10.1. The van der Waals surface area contributed by atoms with E-state index in [0.29, 0.717) is 11.0 Å². The fourth-order valence-electron chi connectivity index (χ4n) is 1.36. The van der Waals surface area contributed by atoms with Crippen LogP contribution in [0.3, 0.4) is 0 Å². The van der Waals surface area contributed by atoms with Crippen molar-refractivity contribution in [2.75, 3.05) is 0 Å². The number of H-pyrrole nitrogens is 1. The van der Waals surface area contributed by atoms with Crippen LogP contribution in [0.4, 0.5) is 0 Å². The van der Waals surface area contributed by atoms with E-state index in [1.807, 2.05) is 31.2 Å². The molecule has 0 fully saturated rings. The quantitative estimate of drug-likeness (QED) is 0.822. The number of rotatable bonds is 4. The van der Waals surface area contributed by atoms with Gasteiger partial charge in [-0.05, 0) is 13.8 Å². The van der Waals surface area contributed by atoms with Crippen LogP contribution in [0.25, 0.3) is 11.4 Å². The number of primary amides is 1. The third-order valence-electron chi connectivity index (χ3n) is 2.47. The molecule has 1 amide bonds. The van der Waals surface area contributed by atoms with Gasteiger partial charge in [-0.2, -0.15) is 0 Å². The molecule has 2 rings (SSSR count). The number of hydrogen-bond donors (Lipinski definition) is 2. The van der Waals surface area contributed by atoms with Crippen molar-refractivity contribution >= 4 is 17.7 Å². The fraction of sp³-hybridized carbons (Fsp3) is 0.250. The van der Waals surface area contributed by atoms with E-state index < -0.39 is 0 Å². The maximum atomic E-state index is 11.0. The molecule has 6 heteroatoms. The first-order valence-corrected chi connectivity index (χ1v) is 6.39. The van der Waals surface area contributed by atoms with Gasteiger partial charge in [0.2, 0.25) is 11.1 Å². The van der Waals surface area contributed by atoms with Crippen LogP contribution in [0.5, 0.6) is 0 Å². The molecule has 94 valence electrons. The van der Waals surface area contributed by atoms with Gasteiger partial charge in [0, 0.05) is 5.56 Å². The van der Waals surface area contributed by atoms with E-state index in [0.717, 1.165) is 5.56 Å². The van der Waals surface area contributed by atoms with Crippen molar-refractivity contribution in [3.8, 4) is 11.4 Å². The van der Waals surface area contributed by atoms with E-state index in [1.54, 1.807) is 6.92 Å². The van der Waals surface area contributed by atoms with Gasteiger partial charge in [-0.25, -0.2) is 4.98 Å². The normalized spacial score (nSPS) is 12.3. The summed E-state index contributed by atoms with van der Waals surface area (Å²) in [4.78, 5) is 15.3. The Balaban J connectivity index is 2.15. The molecule has 1 aromatic heterocycles. The summed E-state index contributed by atoms with van der Waals surface area (Å²) < 4.78 is 0. The standard InChI is InChI=1S/C12H14N4OS/c1-7-3-5-9(6-4-7)11-14-12(16-15-11)18-8(2)10(13)17/h3-6,8H,1-2H3,(H2,13,17)(H,14,15,16)/t8-/m0/s1. The summed E-state index contributed by atoms with van der Waals surface area (Å²) in [5.74, 6) is 0.316. The molecule has 0 bridgehead atoms. The number of nitrogens with one attached hydrogen (secondary N) is 1. The second-order valence-corrected chi connectivity index (χ2v) is 5.30. The number of aryl methyl sites for hydroxylation is 1. The molecule has 1 aromatic carbocycles. The lowest BCUT2D eigenvalue weighted by Gasteiger charge is -2.01. The summed E-state index contributed by atoms with van der Waals surface area (Å²) >= 11 is 1.24. The van der Waals surface area contributed by atoms with Gasteiger partial charge in [-0.15, -0.1) is 5.10 Å². The molecule has 18 heavy (non-hydrogen) atoms. The molecular weight excluding hydrogens is 248 g/mol. The molecule has 0 spiro atoms. The molecule has 0 aliphatic rings. The Morgan fingerprint density at radius 1 is 1.39 bits per heavy atom. The van der Waals surface area contributed by atoms with E-state index >= 15 is 0 Å². The van der Waals surface area contributed by atoms with E-state index in [-0.39, 0.29) is 11.2 Å². The first-order chi connectivity index (χ1) is 8.56. The Hall–Kier alpha value is -1.82. The van der Waals surface area contributed by atoms with Gasteiger partial charge in [0.15, 0.2) is 5.82 Å². The largest absolute Gasteiger partial charge is 0.369 e. The average Bonchev–Trinajstić information content (AvgIpc) is 2.78. The number of carbonyl (C=O) groups excluding carboxylic acids is 1. The topological polar surface area (TPSA) is 84.7 Å². The second kappa shape index (κ2) is 5.22. The SMILES string of the molecule is Cc1ccc(-c2nc(S[C@@H](C)C(N)=O)n[nH]2)cc1. The molecule has 2 aromatic rings. The highest BCUT2D eigenvalue weighted by Gasteiger charge is 2.14. The van der Waals surface area contributed by atoms with Crippen LogP contribution in [0.2, 0.25) is 0 Å². The molecule has 0 radical (unpaired) electrons. The highest BCUT2D eigenvalue weighted by molar-refractivity contribution is 8.00. The van der Waals surface area contributed by atoms with Gasteiger partial charge >= 0.3 is 0 Å². The molecule has 3 N–H and O–H groups in total. The Kier molecular flexibility index (Phi) is 3.66. The lowest BCUT2D eigenvalue weighted by molar-refractivity contribution is -0.117. The van der Waals surface area contributed by atoms with E-state index in [2.05, 4.69) is 15.2 Å². The summed E-state index contributed by atoms with van der Waals surface area (Å²) in [5.41, 5.74) is 7.35. The van der Waals surface area contributed by atoms with Crippen molar-refractivity contribution in [3.63, 3.8) is 0 Å². The molecule has 0 saturated heterocycles. The molecular formula is C12H14N4OS. The number of hydrogen-bond acceptors (Lipinski definition) is 4. The number of carbonyl (C=O) groups is 1. The van der Waals surface area contributed by atoms with Crippen LogP contribution < -0.4 is 5.73 Å². The minimum absolute atomic E-state index is 0.341. The molecule has 1 heterocycles. The van der Waals surface area contributed by atoms with Gasteiger partial charge in [0.05, 0.1) is 5.25 Å². The summed E-state index contributed by atoms with van der Waals surface area (Å²) in [6, 6.07) is 7.97. The number of nitrogens with two attached hydrogens (primary N) is 1. The first-order valence-electron chi connectivity index (χ1n) is 5.51. The van der Waals surface area contributed by atoms with Gasteiger partial charge < -0.3 is 5.73 Å². The van der Waals surface area contributed by atoms with Gasteiger partial charge in [0.25, 0.3) is 0 Å². The van der Waals surface area contributed by atoms with Crippen LogP contribution in [-0.4, -0.2) is 26.3 Å². The van der Waals surface area contributed by atoms with Crippen LogP contribution in [0, 0.1) is 6.92 Å². The molecule has 1 atom stereocenters. The van der Waals surface area contributed by atoms with Crippen molar-refractivity contribution in [2.45, 2.75) is 24.3 Å². The predicted molar refractivity (Wildman–Crippen MR) is 71.1 cm³/mol. The summed E-state index contributed by atoms with van der Waals surface area (Å²) in [6.07, 6.45) is 0. The van der Waals surface area contributed by atoms with Gasteiger partial charge in [0.1, 0.15) is 0 Å². The third kappa shape index (κ3) is 2.89. The Morgan fingerprint density at radius 2 is 2.06 bits per heavy atom. The number of thioether (sulfide) groups is 1. The van der Waals surface area contributed by atoms with Crippen LogP contribution in [0.15, 0.2) is 29.4 Å². The number of aromatic amines is 1. The number of benzene rings is 1. The zero-order valence-electron chi connectivity index (χ0n) is 10.2. The van der Waals surface area contributed by atoms with Crippen LogP contribution >= 0.6 is 11.8 Å². The van der Waals surface area contributed by atoms with Gasteiger partial charge in [-0.1, -0.05) is 41.6 Å². The number of amides is 1. The Morgan fingerprint density at radius 3 is 2.67 bits per heavy atom. The molecule has 0 aliphatic heterocycles. The van der Waals surface area contributed by atoms with Crippen LogP contribution in [-0.2, 0) is 4.79 Å². The smallest absolute Gasteiger partial charge is 0.230 e. The summed E-state index contributed by atoms with van der Waals surface area (Å²) in [7, 11) is 0. The third-order valence-corrected chi connectivity index (χ3v) is 3.45.